The summed E-state index contributed by atoms with van der Waals surface area (Å²) in [6, 6.07) is 13.6. The second kappa shape index (κ2) is 10.0. The van der Waals surface area contributed by atoms with Crippen LogP contribution in [0.4, 0.5) is 5.13 Å². The topological polar surface area (TPSA) is 36.4 Å². The fraction of sp³-hybridized carbons (Fsp3) is 0.238. The van der Waals surface area contributed by atoms with Crippen molar-refractivity contribution in [3.05, 3.63) is 64.7 Å². The lowest BCUT2D eigenvalue weighted by atomic mass is 10.2. The van der Waals surface area contributed by atoms with Gasteiger partial charge in [-0.1, -0.05) is 53.3 Å². The fourth-order valence-electron chi connectivity index (χ4n) is 2.65. The van der Waals surface area contributed by atoms with Crippen molar-refractivity contribution in [2.45, 2.75) is 6.92 Å². The van der Waals surface area contributed by atoms with Gasteiger partial charge in [0.2, 0.25) is 0 Å². The Balaban J connectivity index is 0.00000280. The molecule has 0 aliphatic heterocycles. The summed E-state index contributed by atoms with van der Waals surface area (Å²) in [5.41, 5.74) is 2.89. The maximum atomic E-state index is 12.9. The Labute approximate surface area is 180 Å². The largest absolute Gasteiger partial charge is 0.308 e. The Bertz CT molecular complexity index is 985. The van der Waals surface area contributed by atoms with Crippen molar-refractivity contribution in [2.75, 3.05) is 32.1 Å². The first kappa shape index (κ1) is 22.4. The lowest BCUT2D eigenvalue weighted by Crippen LogP contribution is -2.35. The Hall–Kier alpha value is -1.92. The molecule has 4 nitrogen and oxygen atoms in total. The molecular formula is C21H23Cl2N3OS. The molecule has 0 fully saturated rings. The molecule has 1 aromatic heterocycles. The number of carbonyl (C=O) groups excluding carboxylic acids is 1. The lowest BCUT2D eigenvalue weighted by Gasteiger charge is -2.20. The molecule has 0 saturated carbocycles. The van der Waals surface area contributed by atoms with E-state index in [9.17, 15) is 4.79 Å². The number of amides is 1. The van der Waals surface area contributed by atoms with E-state index in [0.29, 0.717) is 11.6 Å². The smallest absolute Gasteiger partial charge is 0.252 e. The fourth-order valence-corrected chi connectivity index (χ4v) is 3.93. The average molecular weight is 436 g/mol. The van der Waals surface area contributed by atoms with Crippen LogP contribution >= 0.6 is 35.3 Å². The quantitative estimate of drug-likeness (QED) is 0.493. The maximum Gasteiger partial charge on any atom is 0.252 e. The molecule has 28 heavy (non-hydrogen) atoms. The first-order chi connectivity index (χ1) is 13.0. The predicted octanol–water partition coefficient (Wildman–Crippen LogP) is 5.29. The van der Waals surface area contributed by atoms with Gasteiger partial charge >= 0.3 is 0 Å². The standard InChI is InChI=1S/C21H22ClN3OS.ClH/c1-15-7-6-10-18-20(15)23-21(27-18)25(14-13-24(2)3)19(26)12-11-16-8-4-5-9-17(16)22;/h4-12H,13-14H2,1-3H3;1H. The number of carbonyl (C=O) groups is 1. The normalized spacial score (nSPS) is 11.2. The molecule has 3 rings (SSSR count). The van der Waals surface area contributed by atoms with E-state index in [1.165, 1.54) is 11.3 Å². The van der Waals surface area contributed by atoms with Gasteiger partial charge in [0.1, 0.15) is 0 Å². The summed E-state index contributed by atoms with van der Waals surface area (Å²) in [5.74, 6) is -0.103. The van der Waals surface area contributed by atoms with E-state index >= 15 is 0 Å². The average Bonchev–Trinajstić information content (AvgIpc) is 3.06. The molecule has 0 spiro atoms. The molecule has 0 aliphatic carbocycles. The number of likely N-dealkylation sites (N-methyl/N-ethyl adjacent to an activating group) is 1. The molecule has 0 unspecified atom stereocenters. The van der Waals surface area contributed by atoms with Crippen LogP contribution in [0, 0.1) is 6.92 Å². The van der Waals surface area contributed by atoms with Gasteiger partial charge in [-0.25, -0.2) is 4.98 Å². The number of thiazole rings is 1. The number of para-hydroxylation sites is 1. The number of hydrogen-bond donors (Lipinski definition) is 0. The van der Waals surface area contributed by atoms with Crippen molar-refractivity contribution in [1.82, 2.24) is 9.88 Å². The summed E-state index contributed by atoms with van der Waals surface area (Å²) < 4.78 is 1.09. The first-order valence-electron chi connectivity index (χ1n) is 8.70. The molecule has 0 saturated heterocycles. The van der Waals surface area contributed by atoms with Crippen LogP contribution in [0.2, 0.25) is 5.02 Å². The molecule has 0 bridgehead atoms. The summed E-state index contributed by atoms with van der Waals surface area (Å²) in [7, 11) is 3.98. The zero-order valence-corrected chi connectivity index (χ0v) is 18.4. The van der Waals surface area contributed by atoms with Crippen LogP contribution in [0.5, 0.6) is 0 Å². The molecule has 7 heteroatoms. The number of fused-ring (bicyclic) bond motifs is 1. The van der Waals surface area contributed by atoms with Crippen LogP contribution in [0.25, 0.3) is 16.3 Å². The van der Waals surface area contributed by atoms with Gasteiger partial charge in [-0.05, 0) is 50.4 Å². The van der Waals surface area contributed by atoms with Gasteiger partial charge in [-0.15, -0.1) is 12.4 Å². The number of aryl methyl sites for hydroxylation is 1. The van der Waals surface area contributed by atoms with E-state index in [-0.39, 0.29) is 18.3 Å². The second-order valence-electron chi connectivity index (χ2n) is 6.57. The number of rotatable bonds is 6. The van der Waals surface area contributed by atoms with Crippen LogP contribution in [0.3, 0.4) is 0 Å². The Morgan fingerprint density at radius 3 is 2.57 bits per heavy atom. The highest BCUT2D eigenvalue weighted by molar-refractivity contribution is 7.22. The summed E-state index contributed by atoms with van der Waals surface area (Å²) in [5, 5.41) is 1.34. The molecule has 2 aromatic carbocycles. The van der Waals surface area contributed by atoms with Crippen LogP contribution in [-0.4, -0.2) is 43.0 Å². The highest BCUT2D eigenvalue weighted by atomic mass is 35.5. The summed E-state index contributed by atoms with van der Waals surface area (Å²) in [6.07, 6.45) is 3.32. The summed E-state index contributed by atoms with van der Waals surface area (Å²) in [6.45, 7) is 3.35. The summed E-state index contributed by atoms with van der Waals surface area (Å²) in [4.78, 5) is 21.5. The molecular weight excluding hydrogens is 413 g/mol. The maximum absolute atomic E-state index is 12.9. The highest BCUT2D eigenvalue weighted by Gasteiger charge is 2.18. The SMILES string of the molecule is Cc1cccc2sc(N(CCN(C)C)C(=O)C=Cc3ccccc3Cl)nc12.Cl. The summed E-state index contributed by atoms with van der Waals surface area (Å²) >= 11 is 7.72. The zero-order chi connectivity index (χ0) is 19.4. The number of halogens is 2. The van der Waals surface area contributed by atoms with E-state index in [4.69, 9.17) is 16.6 Å². The Morgan fingerprint density at radius 2 is 1.89 bits per heavy atom. The third-order valence-electron chi connectivity index (χ3n) is 4.19. The lowest BCUT2D eigenvalue weighted by molar-refractivity contribution is -0.114. The van der Waals surface area contributed by atoms with Crippen LogP contribution < -0.4 is 4.90 Å². The molecule has 0 N–H and O–H groups in total. The van der Waals surface area contributed by atoms with E-state index in [2.05, 4.69) is 4.90 Å². The molecule has 3 aromatic rings. The van der Waals surface area contributed by atoms with E-state index < -0.39 is 0 Å². The molecule has 0 radical (unpaired) electrons. The van der Waals surface area contributed by atoms with E-state index in [1.54, 1.807) is 17.1 Å². The molecule has 148 valence electrons. The first-order valence-corrected chi connectivity index (χ1v) is 9.90. The van der Waals surface area contributed by atoms with Crippen molar-refractivity contribution >= 4 is 62.7 Å². The Kier molecular flexibility index (Phi) is 8.01. The van der Waals surface area contributed by atoms with Gasteiger partial charge < -0.3 is 4.90 Å². The van der Waals surface area contributed by atoms with Crippen molar-refractivity contribution in [3.8, 4) is 0 Å². The minimum absolute atomic E-state index is 0. The number of anilines is 1. The van der Waals surface area contributed by atoms with Crippen molar-refractivity contribution in [3.63, 3.8) is 0 Å². The number of aromatic nitrogens is 1. The van der Waals surface area contributed by atoms with Gasteiger partial charge in [0.15, 0.2) is 5.13 Å². The molecule has 1 heterocycles. The second-order valence-corrected chi connectivity index (χ2v) is 7.98. The molecule has 0 atom stereocenters. The monoisotopic (exact) mass is 435 g/mol. The molecule has 1 amide bonds. The van der Waals surface area contributed by atoms with Crippen molar-refractivity contribution in [1.29, 1.82) is 0 Å². The van der Waals surface area contributed by atoms with Crippen LogP contribution in [0.15, 0.2) is 48.5 Å². The third kappa shape index (κ3) is 5.32. The molecule has 0 aliphatic rings. The van der Waals surface area contributed by atoms with Gasteiger partial charge in [0, 0.05) is 24.2 Å². The van der Waals surface area contributed by atoms with Crippen LogP contribution in [-0.2, 0) is 4.79 Å². The van der Waals surface area contributed by atoms with Crippen molar-refractivity contribution < 1.29 is 4.79 Å². The zero-order valence-electron chi connectivity index (χ0n) is 16.1. The third-order valence-corrected chi connectivity index (χ3v) is 5.58. The minimum Gasteiger partial charge on any atom is -0.308 e. The number of hydrogen-bond acceptors (Lipinski definition) is 4. The predicted molar refractivity (Wildman–Crippen MR) is 123 cm³/mol. The van der Waals surface area contributed by atoms with E-state index in [1.807, 2.05) is 63.5 Å². The highest BCUT2D eigenvalue weighted by Crippen LogP contribution is 2.30. The Morgan fingerprint density at radius 1 is 1.14 bits per heavy atom. The van der Waals surface area contributed by atoms with Gasteiger partial charge in [0.25, 0.3) is 5.91 Å². The van der Waals surface area contributed by atoms with E-state index in [0.717, 1.165) is 33.0 Å². The van der Waals surface area contributed by atoms with Gasteiger partial charge in [0.05, 0.1) is 10.2 Å². The number of nitrogens with zero attached hydrogens (tertiary/aromatic N) is 3. The van der Waals surface area contributed by atoms with Gasteiger partial charge in [-0.2, -0.15) is 0 Å². The van der Waals surface area contributed by atoms with Crippen molar-refractivity contribution in [2.24, 2.45) is 0 Å². The minimum atomic E-state index is -0.103. The van der Waals surface area contributed by atoms with Crippen LogP contribution in [0.1, 0.15) is 11.1 Å². The number of benzene rings is 2. The van der Waals surface area contributed by atoms with Gasteiger partial charge in [-0.3, -0.25) is 9.69 Å².